The molecule has 34 heavy (non-hydrogen) atoms. The molecule has 7 nitrogen and oxygen atoms in total. The largest absolute Gasteiger partial charge is 0.444 e. The van der Waals surface area contributed by atoms with E-state index < -0.39 is 16.9 Å². The van der Waals surface area contributed by atoms with Gasteiger partial charge in [-0.3, -0.25) is 10.1 Å². The summed E-state index contributed by atoms with van der Waals surface area (Å²) in [7, 11) is 0. The number of nitrogens with one attached hydrogen (secondary N) is 2. The fourth-order valence-corrected chi connectivity index (χ4v) is 3.80. The smallest absolute Gasteiger partial charge is 0.413 e. The SMILES string of the molecule is CC(C)(C)OC(=O)Nc1cc(C(S)c2ccccc2C(=O)Nc2ccc(Cl)c(CN)c2)ccn1. The van der Waals surface area contributed by atoms with Crippen LogP contribution in [0.4, 0.5) is 16.3 Å². The minimum absolute atomic E-state index is 0.263. The van der Waals surface area contributed by atoms with Crippen molar-refractivity contribution in [2.75, 3.05) is 10.6 Å². The molecule has 0 spiro atoms. The highest BCUT2D eigenvalue weighted by Gasteiger charge is 2.20. The van der Waals surface area contributed by atoms with Gasteiger partial charge in [0.1, 0.15) is 11.4 Å². The molecule has 0 radical (unpaired) electrons. The van der Waals surface area contributed by atoms with Crippen LogP contribution in [0.25, 0.3) is 0 Å². The number of hydrogen-bond donors (Lipinski definition) is 4. The van der Waals surface area contributed by atoms with E-state index in [9.17, 15) is 9.59 Å². The van der Waals surface area contributed by atoms with Crippen LogP contribution in [0.15, 0.2) is 60.8 Å². The number of ether oxygens (including phenoxy) is 1. The zero-order chi connectivity index (χ0) is 24.9. The van der Waals surface area contributed by atoms with Crippen LogP contribution in [0, 0.1) is 0 Å². The number of hydrogen-bond acceptors (Lipinski definition) is 6. The Morgan fingerprint density at radius 3 is 2.56 bits per heavy atom. The first-order chi connectivity index (χ1) is 16.1. The second kappa shape index (κ2) is 10.9. The molecule has 1 atom stereocenters. The van der Waals surface area contributed by atoms with Crippen LogP contribution in [-0.4, -0.2) is 22.6 Å². The molecule has 0 aliphatic carbocycles. The fourth-order valence-electron chi connectivity index (χ4n) is 3.22. The lowest BCUT2D eigenvalue weighted by molar-refractivity contribution is 0.0635. The molecule has 0 bridgehead atoms. The zero-order valence-electron chi connectivity index (χ0n) is 19.1. The number of rotatable bonds is 6. The van der Waals surface area contributed by atoms with E-state index >= 15 is 0 Å². The minimum Gasteiger partial charge on any atom is -0.444 e. The van der Waals surface area contributed by atoms with E-state index in [1.54, 1.807) is 69.4 Å². The minimum atomic E-state index is -0.630. The molecule has 4 N–H and O–H groups in total. The van der Waals surface area contributed by atoms with Gasteiger partial charge in [-0.15, -0.1) is 0 Å². The van der Waals surface area contributed by atoms with E-state index in [0.29, 0.717) is 27.7 Å². The highest BCUT2D eigenvalue weighted by atomic mass is 35.5. The van der Waals surface area contributed by atoms with Crippen molar-refractivity contribution in [3.8, 4) is 0 Å². The number of nitrogens with zero attached hydrogens (tertiary/aromatic N) is 1. The van der Waals surface area contributed by atoms with Gasteiger partial charge in [-0.05, 0) is 73.9 Å². The zero-order valence-corrected chi connectivity index (χ0v) is 20.8. The maximum Gasteiger partial charge on any atom is 0.413 e. The molecule has 1 unspecified atom stereocenters. The van der Waals surface area contributed by atoms with Crippen LogP contribution in [0.3, 0.4) is 0 Å². The quantitative estimate of drug-likeness (QED) is 0.321. The number of carbonyl (C=O) groups is 2. The summed E-state index contributed by atoms with van der Waals surface area (Å²) in [4.78, 5) is 29.4. The van der Waals surface area contributed by atoms with Gasteiger partial charge in [0.15, 0.2) is 0 Å². The number of halogens is 1. The summed E-state index contributed by atoms with van der Waals surface area (Å²) in [5, 5.41) is 5.61. The summed E-state index contributed by atoms with van der Waals surface area (Å²) in [6.07, 6.45) is 0.961. The average Bonchev–Trinajstić information content (AvgIpc) is 2.78. The molecule has 178 valence electrons. The van der Waals surface area contributed by atoms with Gasteiger partial charge in [0.25, 0.3) is 5.91 Å². The first-order valence-corrected chi connectivity index (χ1v) is 11.5. The Kier molecular flexibility index (Phi) is 8.19. The first-order valence-electron chi connectivity index (χ1n) is 10.6. The molecule has 0 fully saturated rings. The van der Waals surface area contributed by atoms with E-state index in [-0.39, 0.29) is 12.5 Å². The topological polar surface area (TPSA) is 106 Å². The second-order valence-corrected chi connectivity index (χ2v) is 9.48. The molecule has 9 heteroatoms. The van der Waals surface area contributed by atoms with Crippen molar-refractivity contribution < 1.29 is 14.3 Å². The van der Waals surface area contributed by atoms with Gasteiger partial charge in [-0.1, -0.05) is 29.8 Å². The monoisotopic (exact) mass is 498 g/mol. The molecule has 0 saturated carbocycles. The van der Waals surface area contributed by atoms with Crippen molar-refractivity contribution in [2.45, 2.75) is 38.2 Å². The number of nitrogens with two attached hydrogens (primary N) is 1. The van der Waals surface area contributed by atoms with Crippen molar-refractivity contribution in [3.63, 3.8) is 0 Å². The number of amides is 2. The predicted molar refractivity (Wildman–Crippen MR) is 139 cm³/mol. The van der Waals surface area contributed by atoms with E-state index in [4.69, 9.17) is 34.7 Å². The molecular weight excluding hydrogens is 472 g/mol. The van der Waals surface area contributed by atoms with Crippen molar-refractivity contribution >= 4 is 47.7 Å². The molecule has 0 aliphatic rings. The van der Waals surface area contributed by atoms with Crippen molar-refractivity contribution in [1.82, 2.24) is 4.98 Å². The van der Waals surface area contributed by atoms with Gasteiger partial charge in [0, 0.05) is 29.0 Å². The molecule has 0 aliphatic heterocycles. The van der Waals surface area contributed by atoms with Crippen LogP contribution in [0.2, 0.25) is 5.02 Å². The molecule has 3 aromatic rings. The van der Waals surface area contributed by atoms with Gasteiger partial charge in [-0.2, -0.15) is 12.6 Å². The third kappa shape index (κ3) is 6.72. The molecule has 2 aromatic carbocycles. The van der Waals surface area contributed by atoms with Gasteiger partial charge in [0.2, 0.25) is 0 Å². The number of pyridine rings is 1. The lowest BCUT2D eigenvalue weighted by atomic mass is 9.99. The predicted octanol–water partition coefficient (Wildman–Crippen LogP) is 5.81. The molecule has 0 saturated heterocycles. The molecule has 1 heterocycles. The second-order valence-electron chi connectivity index (χ2n) is 8.56. The van der Waals surface area contributed by atoms with E-state index in [1.807, 2.05) is 12.1 Å². The Morgan fingerprint density at radius 1 is 1.12 bits per heavy atom. The number of anilines is 2. The third-order valence-corrected chi connectivity index (χ3v) is 5.70. The fraction of sp³-hybridized carbons (Fsp3) is 0.240. The average molecular weight is 499 g/mol. The number of thiol groups is 1. The summed E-state index contributed by atoms with van der Waals surface area (Å²) in [5.74, 6) is 0.0318. The van der Waals surface area contributed by atoms with Crippen LogP contribution >= 0.6 is 24.2 Å². The van der Waals surface area contributed by atoms with E-state index in [2.05, 4.69) is 15.6 Å². The third-order valence-electron chi connectivity index (χ3n) is 4.75. The summed E-state index contributed by atoms with van der Waals surface area (Å²) in [6, 6.07) is 15.8. The number of benzene rings is 2. The Labute approximate surface area is 209 Å². The highest BCUT2D eigenvalue weighted by Crippen LogP contribution is 2.32. The van der Waals surface area contributed by atoms with Crippen LogP contribution < -0.4 is 16.4 Å². The van der Waals surface area contributed by atoms with Crippen molar-refractivity contribution in [2.24, 2.45) is 5.73 Å². The van der Waals surface area contributed by atoms with Gasteiger partial charge >= 0.3 is 6.09 Å². The van der Waals surface area contributed by atoms with Crippen LogP contribution in [-0.2, 0) is 11.3 Å². The normalized spacial score (nSPS) is 12.1. The summed E-state index contributed by atoms with van der Waals surface area (Å²) >= 11 is 10.9. The van der Waals surface area contributed by atoms with Crippen LogP contribution in [0.1, 0.15) is 53.1 Å². The molecular formula is C25H27ClN4O3S. The van der Waals surface area contributed by atoms with Gasteiger partial charge < -0.3 is 15.8 Å². The molecule has 3 rings (SSSR count). The Hall–Kier alpha value is -3.07. The number of carbonyl (C=O) groups excluding carboxylic acids is 2. The molecule has 1 aromatic heterocycles. The summed E-state index contributed by atoms with van der Waals surface area (Å²) in [6.45, 7) is 5.61. The van der Waals surface area contributed by atoms with E-state index in [0.717, 1.165) is 11.1 Å². The lowest BCUT2D eigenvalue weighted by Crippen LogP contribution is -2.27. The highest BCUT2D eigenvalue weighted by molar-refractivity contribution is 7.80. The maximum atomic E-state index is 13.1. The van der Waals surface area contributed by atoms with Crippen molar-refractivity contribution in [1.29, 1.82) is 0 Å². The summed E-state index contributed by atoms with van der Waals surface area (Å²) < 4.78 is 5.28. The van der Waals surface area contributed by atoms with Crippen LogP contribution in [0.5, 0.6) is 0 Å². The first kappa shape index (κ1) is 25.6. The standard InChI is InChI=1S/C25H27ClN4O3S/c1-25(2,3)33-24(32)30-21-13-15(10-11-28-21)22(34)18-6-4-5-7-19(18)23(31)29-17-8-9-20(26)16(12-17)14-27/h4-13,22,34H,14,27H2,1-3H3,(H,29,31)(H,28,30,32). The Bertz CT molecular complexity index is 1200. The summed E-state index contributed by atoms with van der Waals surface area (Å²) in [5.41, 5.74) is 8.33. The molecule has 2 amide bonds. The number of aromatic nitrogens is 1. The van der Waals surface area contributed by atoms with Gasteiger partial charge in [-0.25, -0.2) is 9.78 Å². The Balaban J connectivity index is 1.82. The Morgan fingerprint density at radius 2 is 1.85 bits per heavy atom. The maximum absolute atomic E-state index is 13.1. The van der Waals surface area contributed by atoms with Gasteiger partial charge in [0.05, 0.1) is 5.25 Å². The van der Waals surface area contributed by atoms with Crippen molar-refractivity contribution in [3.05, 3.63) is 88.1 Å². The lowest BCUT2D eigenvalue weighted by Gasteiger charge is -2.20. The van der Waals surface area contributed by atoms with E-state index in [1.165, 1.54) is 0 Å².